The second-order valence-corrected chi connectivity index (χ2v) is 6.46. The minimum absolute atomic E-state index is 0.145. The van der Waals surface area contributed by atoms with E-state index in [0.29, 0.717) is 19.4 Å². The van der Waals surface area contributed by atoms with Crippen molar-refractivity contribution >= 4 is 21.6 Å². The molecule has 100 valence electrons. The van der Waals surface area contributed by atoms with Crippen LogP contribution < -0.4 is 0 Å². The van der Waals surface area contributed by atoms with Crippen molar-refractivity contribution in [3.63, 3.8) is 0 Å². The molecule has 1 N–H and O–H groups in total. The molecule has 1 aromatic carbocycles. The van der Waals surface area contributed by atoms with Crippen molar-refractivity contribution in [2.75, 3.05) is 13.2 Å². The van der Waals surface area contributed by atoms with E-state index in [0.717, 1.165) is 16.4 Å². The maximum Gasteiger partial charge on any atom is 0.246 e. The molecule has 0 aromatic heterocycles. The molecule has 1 aliphatic heterocycles. The molecule has 1 saturated heterocycles. The van der Waals surface area contributed by atoms with Crippen molar-refractivity contribution in [1.82, 2.24) is 4.31 Å². The molecular formula is C11H13ClFNO3S. The predicted octanol–water partition coefficient (Wildman–Crippen LogP) is 1.62. The van der Waals surface area contributed by atoms with Gasteiger partial charge in [-0.15, -0.1) is 0 Å². The van der Waals surface area contributed by atoms with Crippen LogP contribution in [0.25, 0.3) is 0 Å². The van der Waals surface area contributed by atoms with Gasteiger partial charge in [0, 0.05) is 17.6 Å². The lowest BCUT2D eigenvalue weighted by Gasteiger charge is -2.22. The van der Waals surface area contributed by atoms with Gasteiger partial charge in [-0.25, -0.2) is 12.8 Å². The SMILES string of the molecule is O=S(=O)(c1ccc(Cl)cc1F)N1CCCC1CO. The Hall–Kier alpha value is -0.690. The summed E-state index contributed by atoms with van der Waals surface area (Å²) < 4.78 is 39.4. The van der Waals surface area contributed by atoms with Gasteiger partial charge in [-0.2, -0.15) is 4.31 Å². The van der Waals surface area contributed by atoms with Gasteiger partial charge in [-0.3, -0.25) is 0 Å². The molecule has 1 atom stereocenters. The highest BCUT2D eigenvalue weighted by molar-refractivity contribution is 7.89. The van der Waals surface area contributed by atoms with Gasteiger partial charge >= 0.3 is 0 Å². The number of sulfonamides is 1. The lowest BCUT2D eigenvalue weighted by Crippen LogP contribution is -2.37. The second-order valence-electron chi connectivity index (χ2n) is 4.17. The smallest absolute Gasteiger partial charge is 0.246 e. The third kappa shape index (κ3) is 2.38. The molecule has 0 amide bonds. The normalized spacial score (nSPS) is 21.4. The highest BCUT2D eigenvalue weighted by Gasteiger charge is 2.36. The van der Waals surface area contributed by atoms with Crippen LogP contribution >= 0.6 is 11.6 Å². The Morgan fingerprint density at radius 1 is 1.50 bits per heavy atom. The first-order valence-electron chi connectivity index (χ1n) is 5.54. The van der Waals surface area contributed by atoms with Crippen molar-refractivity contribution in [3.05, 3.63) is 29.0 Å². The number of rotatable bonds is 3. The molecule has 18 heavy (non-hydrogen) atoms. The zero-order valence-corrected chi connectivity index (χ0v) is 11.1. The van der Waals surface area contributed by atoms with E-state index in [2.05, 4.69) is 0 Å². The van der Waals surface area contributed by atoms with Crippen LogP contribution in [0.1, 0.15) is 12.8 Å². The fourth-order valence-electron chi connectivity index (χ4n) is 2.12. The summed E-state index contributed by atoms with van der Waals surface area (Å²) in [6.07, 6.45) is 1.25. The Kier molecular flexibility index (Phi) is 3.91. The van der Waals surface area contributed by atoms with Gasteiger partial charge in [0.1, 0.15) is 10.7 Å². The van der Waals surface area contributed by atoms with E-state index >= 15 is 0 Å². The third-order valence-corrected chi connectivity index (χ3v) is 5.23. The van der Waals surface area contributed by atoms with Gasteiger partial charge in [0.15, 0.2) is 0 Å². The molecule has 0 spiro atoms. The number of halogens is 2. The maximum absolute atomic E-state index is 13.7. The molecular weight excluding hydrogens is 281 g/mol. The molecule has 7 heteroatoms. The highest BCUT2D eigenvalue weighted by atomic mass is 35.5. The second kappa shape index (κ2) is 5.13. The number of aliphatic hydroxyl groups excluding tert-OH is 1. The van der Waals surface area contributed by atoms with Gasteiger partial charge < -0.3 is 5.11 Å². The molecule has 0 aliphatic carbocycles. The fraction of sp³-hybridized carbons (Fsp3) is 0.455. The van der Waals surface area contributed by atoms with Crippen LogP contribution in [0.4, 0.5) is 4.39 Å². The number of hydrogen-bond acceptors (Lipinski definition) is 3. The molecule has 1 unspecified atom stereocenters. The molecule has 4 nitrogen and oxygen atoms in total. The van der Waals surface area contributed by atoms with E-state index < -0.39 is 26.8 Å². The average molecular weight is 294 g/mol. The topological polar surface area (TPSA) is 57.6 Å². The van der Waals surface area contributed by atoms with Crippen LogP contribution in [0, 0.1) is 5.82 Å². The van der Waals surface area contributed by atoms with Gasteiger partial charge in [0.05, 0.1) is 6.61 Å². The standard InChI is InChI=1S/C11H13ClFNO3S/c12-8-3-4-11(10(13)6-8)18(16,17)14-5-1-2-9(14)7-15/h3-4,6,9,15H,1-2,5,7H2. The summed E-state index contributed by atoms with van der Waals surface area (Å²) in [4.78, 5) is -0.396. The van der Waals surface area contributed by atoms with Crippen LogP contribution in [-0.4, -0.2) is 37.0 Å². The molecule has 0 bridgehead atoms. The van der Waals surface area contributed by atoms with E-state index in [1.807, 2.05) is 0 Å². The van der Waals surface area contributed by atoms with Crippen molar-refractivity contribution in [2.45, 2.75) is 23.8 Å². The lowest BCUT2D eigenvalue weighted by molar-refractivity contribution is 0.213. The minimum Gasteiger partial charge on any atom is -0.395 e. The minimum atomic E-state index is -3.91. The largest absolute Gasteiger partial charge is 0.395 e. The Labute approximate surface area is 110 Å². The van der Waals surface area contributed by atoms with Crippen molar-refractivity contribution in [3.8, 4) is 0 Å². The van der Waals surface area contributed by atoms with E-state index in [1.54, 1.807) is 0 Å². The van der Waals surface area contributed by atoms with Crippen LogP contribution in [0.15, 0.2) is 23.1 Å². The van der Waals surface area contributed by atoms with E-state index in [1.165, 1.54) is 6.07 Å². The van der Waals surface area contributed by atoms with Gasteiger partial charge in [0.2, 0.25) is 10.0 Å². The number of hydrogen-bond donors (Lipinski definition) is 1. The maximum atomic E-state index is 13.7. The summed E-state index contributed by atoms with van der Waals surface area (Å²) in [6.45, 7) is 0.0457. The average Bonchev–Trinajstić information content (AvgIpc) is 2.76. The van der Waals surface area contributed by atoms with Crippen molar-refractivity contribution in [2.24, 2.45) is 0 Å². The molecule has 2 rings (SSSR count). The van der Waals surface area contributed by atoms with Crippen LogP contribution in [0.3, 0.4) is 0 Å². The molecule has 1 aliphatic rings. The van der Waals surface area contributed by atoms with Crippen LogP contribution in [0.5, 0.6) is 0 Å². The molecule has 0 saturated carbocycles. The summed E-state index contributed by atoms with van der Waals surface area (Å²) in [6, 6.07) is 2.99. The molecule has 1 heterocycles. The van der Waals surface area contributed by atoms with E-state index in [-0.39, 0.29) is 11.6 Å². The summed E-state index contributed by atoms with van der Waals surface area (Å²) in [5.74, 6) is -0.869. The monoisotopic (exact) mass is 293 g/mol. The predicted molar refractivity (Wildman–Crippen MR) is 65.4 cm³/mol. The number of nitrogens with zero attached hydrogens (tertiary/aromatic N) is 1. The zero-order valence-electron chi connectivity index (χ0n) is 9.51. The summed E-state index contributed by atoms with van der Waals surface area (Å²) in [5, 5.41) is 9.28. The number of aliphatic hydroxyl groups is 1. The fourth-order valence-corrected chi connectivity index (χ4v) is 4.01. The van der Waals surface area contributed by atoms with Gasteiger partial charge in [0.25, 0.3) is 0 Å². The zero-order chi connectivity index (χ0) is 13.3. The van der Waals surface area contributed by atoms with E-state index in [4.69, 9.17) is 16.7 Å². The Balaban J connectivity index is 2.42. The van der Waals surface area contributed by atoms with Crippen LogP contribution in [-0.2, 0) is 10.0 Å². The van der Waals surface area contributed by atoms with Crippen molar-refractivity contribution in [1.29, 1.82) is 0 Å². The first-order chi connectivity index (χ1) is 8.46. The lowest BCUT2D eigenvalue weighted by atomic mass is 10.2. The highest BCUT2D eigenvalue weighted by Crippen LogP contribution is 2.28. The summed E-state index contributed by atoms with van der Waals surface area (Å²) in [7, 11) is -3.91. The Bertz CT molecular complexity index is 549. The van der Waals surface area contributed by atoms with Crippen molar-refractivity contribution < 1.29 is 17.9 Å². The molecule has 0 radical (unpaired) electrons. The van der Waals surface area contributed by atoms with Gasteiger partial charge in [-0.1, -0.05) is 11.6 Å². The molecule has 1 fully saturated rings. The Morgan fingerprint density at radius 3 is 2.83 bits per heavy atom. The Morgan fingerprint density at radius 2 is 2.22 bits per heavy atom. The van der Waals surface area contributed by atoms with Crippen LogP contribution in [0.2, 0.25) is 5.02 Å². The van der Waals surface area contributed by atoms with Gasteiger partial charge in [-0.05, 0) is 31.0 Å². The number of benzene rings is 1. The first kappa shape index (κ1) is 13.7. The van der Waals surface area contributed by atoms with E-state index in [9.17, 15) is 12.8 Å². The third-order valence-electron chi connectivity index (χ3n) is 3.01. The quantitative estimate of drug-likeness (QED) is 0.921. The first-order valence-corrected chi connectivity index (χ1v) is 7.36. The summed E-state index contributed by atoms with van der Waals surface area (Å²) in [5.41, 5.74) is 0. The molecule has 1 aromatic rings. The summed E-state index contributed by atoms with van der Waals surface area (Å²) >= 11 is 5.59.